The van der Waals surface area contributed by atoms with E-state index in [-0.39, 0.29) is 42.5 Å². The number of piperazine rings is 1. The first-order chi connectivity index (χ1) is 14.6. The van der Waals surface area contributed by atoms with Gasteiger partial charge in [0.25, 0.3) is 0 Å². The quantitative estimate of drug-likeness (QED) is 0.643. The van der Waals surface area contributed by atoms with Gasteiger partial charge in [-0.1, -0.05) is 23.8 Å². The molecule has 1 fully saturated rings. The number of carbonyl (C=O) groups is 2. The van der Waals surface area contributed by atoms with E-state index in [9.17, 15) is 18.0 Å². The van der Waals surface area contributed by atoms with Gasteiger partial charge in [-0.3, -0.25) is 9.59 Å². The molecule has 2 aromatic carbocycles. The molecule has 1 saturated heterocycles. The van der Waals surface area contributed by atoms with E-state index in [0.717, 1.165) is 22.3 Å². The zero-order valence-electron chi connectivity index (χ0n) is 18.6. The van der Waals surface area contributed by atoms with E-state index >= 15 is 0 Å². The highest BCUT2D eigenvalue weighted by molar-refractivity contribution is 7.89. The molecule has 7 heteroatoms. The van der Waals surface area contributed by atoms with Crippen LogP contribution in [0.15, 0.2) is 41.3 Å². The Kier molecular flexibility index (Phi) is 6.96. The fourth-order valence-electron chi connectivity index (χ4n) is 3.75. The highest BCUT2D eigenvalue weighted by Gasteiger charge is 2.30. The molecule has 0 radical (unpaired) electrons. The highest BCUT2D eigenvalue weighted by atomic mass is 32.2. The minimum absolute atomic E-state index is 0.0366. The van der Waals surface area contributed by atoms with Gasteiger partial charge >= 0.3 is 0 Å². The average molecular weight is 443 g/mol. The summed E-state index contributed by atoms with van der Waals surface area (Å²) in [4.78, 5) is 27.1. The number of hydrogen-bond donors (Lipinski definition) is 0. The number of aryl methyl sites for hydroxylation is 4. The molecular weight excluding hydrogens is 412 g/mol. The smallest absolute Gasteiger partial charge is 0.243 e. The minimum atomic E-state index is -3.58. The van der Waals surface area contributed by atoms with E-state index in [1.54, 1.807) is 17.0 Å². The number of nitrogens with zero attached hydrogens (tertiary/aromatic N) is 2. The molecule has 0 aliphatic carbocycles. The second-order valence-electron chi connectivity index (χ2n) is 8.27. The molecule has 31 heavy (non-hydrogen) atoms. The predicted molar refractivity (Wildman–Crippen MR) is 121 cm³/mol. The van der Waals surface area contributed by atoms with Crippen LogP contribution >= 0.6 is 0 Å². The summed E-state index contributed by atoms with van der Waals surface area (Å²) in [5.74, 6) is -0.146. The molecule has 6 nitrogen and oxygen atoms in total. The van der Waals surface area contributed by atoms with Gasteiger partial charge in [0, 0.05) is 44.6 Å². The summed E-state index contributed by atoms with van der Waals surface area (Å²) in [7, 11) is -3.58. The van der Waals surface area contributed by atoms with Crippen LogP contribution in [0.1, 0.15) is 45.5 Å². The van der Waals surface area contributed by atoms with Crippen molar-refractivity contribution in [1.82, 2.24) is 9.21 Å². The molecule has 0 spiro atoms. The summed E-state index contributed by atoms with van der Waals surface area (Å²) in [6, 6.07) is 10.9. The number of rotatable bonds is 6. The Morgan fingerprint density at radius 1 is 0.806 bits per heavy atom. The predicted octanol–water partition coefficient (Wildman–Crippen LogP) is 3.42. The number of hydrogen-bond acceptors (Lipinski definition) is 4. The number of ketones is 1. The van der Waals surface area contributed by atoms with Crippen LogP contribution in [-0.4, -0.2) is 55.5 Å². The van der Waals surface area contributed by atoms with Crippen molar-refractivity contribution in [1.29, 1.82) is 0 Å². The third-order valence-corrected chi connectivity index (χ3v) is 7.86. The lowest BCUT2D eigenvalue weighted by Crippen LogP contribution is -2.50. The van der Waals surface area contributed by atoms with Gasteiger partial charge in [-0.25, -0.2) is 8.42 Å². The van der Waals surface area contributed by atoms with Crippen molar-refractivity contribution in [3.8, 4) is 0 Å². The molecule has 0 unspecified atom stereocenters. The van der Waals surface area contributed by atoms with Gasteiger partial charge in [-0.05, 0) is 62.6 Å². The lowest BCUT2D eigenvalue weighted by molar-refractivity contribution is -0.132. The average Bonchev–Trinajstić information content (AvgIpc) is 2.75. The van der Waals surface area contributed by atoms with Gasteiger partial charge in [-0.15, -0.1) is 0 Å². The summed E-state index contributed by atoms with van der Waals surface area (Å²) in [5.41, 5.74) is 4.57. The lowest BCUT2D eigenvalue weighted by Gasteiger charge is -2.34. The number of carbonyl (C=O) groups excluding carboxylic acids is 2. The van der Waals surface area contributed by atoms with Crippen molar-refractivity contribution in [2.45, 2.75) is 45.4 Å². The molecule has 3 rings (SSSR count). The van der Waals surface area contributed by atoms with Crippen LogP contribution in [0.4, 0.5) is 0 Å². The molecule has 2 aromatic rings. The third-order valence-electron chi connectivity index (χ3n) is 5.97. The van der Waals surface area contributed by atoms with Crippen LogP contribution in [0, 0.1) is 27.7 Å². The first kappa shape index (κ1) is 23.2. The van der Waals surface area contributed by atoms with Crippen LogP contribution in [-0.2, 0) is 14.8 Å². The van der Waals surface area contributed by atoms with Crippen molar-refractivity contribution in [2.75, 3.05) is 26.2 Å². The van der Waals surface area contributed by atoms with Crippen molar-refractivity contribution < 1.29 is 18.0 Å². The summed E-state index contributed by atoms with van der Waals surface area (Å²) in [6.45, 7) is 8.85. The SMILES string of the molecule is Cc1ccc(C)c(C(=O)CCC(=O)N2CCN(S(=O)(=O)c3ccc(C)c(C)c3)CC2)c1. The minimum Gasteiger partial charge on any atom is -0.340 e. The maximum Gasteiger partial charge on any atom is 0.243 e. The Morgan fingerprint density at radius 2 is 1.45 bits per heavy atom. The maximum absolute atomic E-state index is 12.9. The third kappa shape index (κ3) is 5.22. The first-order valence-corrected chi connectivity index (χ1v) is 12.0. The van der Waals surface area contributed by atoms with Gasteiger partial charge in [0.2, 0.25) is 15.9 Å². The number of amides is 1. The van der Waals surface area contributed by atoms with Crippen molar-refractivity contribution >= 4 is 21.7 Å². The molecule has 166 valence electrons. The van der Waals surface area contributed by atoms with Crippen LogP contribution < -0.4 is 0 Å². The zero-order chi connectivity index (χ0) is 22.8. The fourth-order valence-corrected chi connectivity index (χ4v) is 5.26. The molecule has 0 bridgehead atoms. The van der Waals surface area contributed by atoms with Crippen molar-refractivity contribution in [2.24, 2.45) is 0 Å². The molecule has 1 aliphatic heterocycles. The number of sulfonamides is 1. The molecule has 0 saturated carbocycles. The Morgan fingerprint density at radius 3 is 2.10 bits per heavy atom. The van der Waals surface area contributed by atoms with Crippen LogP contribution in [0.5, 0.6) is 0 Å². The highest BCUT2D eigenvalue weighted by Crippen LogP contribution is 2.21. The van der Waals surface area contributed by atoms with Gasteiger partial charge in [0.1, 0.15) is 0 Å². The van der Waals surface area contributed by atoms with Gasteiger partial charge in [0.05, 0.1) is 4.90 Å². The van der Waals surface area contributed by atoms with Crippen molar-refractivity contribution in [3.63, 3.8) is 0 Å². The van der Waals surface area contributed by atoms with Crippen LogP contribution in [0.25, 0.3) is 0 Å². The molecular formula is C24H30N2O4S. The first-order valence-electron chi connectivity index (χ1n) is 10.5. The molecule has 1 aliphatic rings. The molecule has 1 heterocycles. The van der Waals surface area contributed by atoms with E-state index in [1.165, 1.54) is 4.31 Å². The zero-order valence-corrected chi connectivity index (χ0v) is 19.5. The van der Waals surface area contributed by atoms with E-state index in [4.69, 9.17) is 0 Å². The monoisotopic (exact) mass is 442 g/mol. The van der Waals surface area contributed by atoms with Crippen molar-refractivity contribution in [3.05, 3.63) is 64.2 Å². The van der Waals surface area contributed by atoms with Gasteiger partial charge in [0.15, 0.2) is 5.78 Å². The lowest BCUT2D eigenvalue weighted by atomic mass is 9.99. The Balaban J connectivity index is 1.56. The van der Waals surface area contributed by atoms with Crippen LogP contribution in [0.2, 0.25) is 0 Å². The summed E-state index contributed by atoms with van der Waals surface area (Å²) in [5, 5.41) is 0. The molecule has 0 N–H and O–H groups in total. The fraction of sp³-hybridized carbons (Fsp3) is 0.417. The second kappa shape index (κ2) is 9.32. The Labute approximate surface area is 184 Å². The summed E-state index contributed by atoms with van der Waals surface area (Å²) in [6.07, 6.45) is 0.292. The van der Waals surface area contributed by atoms with Gasteiger partial charge < -0.3 is 4.90 Å². The normalized spacial score (nSPS) is 15.2. The number of Topliss-reactive ketones (excluding diaryl/α,β-unsaturated/α-hetero) is 1. The standard InChI is InChI=1S/C24H30N2O4S/c1-17-5-6-19(3)22(15-17)23(27)9-10-24(28)25-11-13-26(14-12-25)31(29,30)21-8-7-18(2)20(4)16-21/h5-8,15-16H,9-14H2,1-4H3. The molecule has 0 atom stereocenters. The Hall–Kier alpha value is -2.51. The summed E-state index contributed by atoms with van der Waals surface area (Å²) >= 11 is 0. The number of benzene rings is 2. The second-order valence-corrected chi connectivity index (χ2v) is 10.2. The van der Waals surface area contributed by atoms with E-state index in [2.05, 4.69) is 0 Å². The molecule has 0 aromatic heterocycles. The van der Waals surface area contributed by atoms with E-state index in [1.807, 2.05) is 52.0 Å². The van der Waals surface area contributed by atoms with Gasteiger partial charge in [-0.2, -0.15) is 4.31 Å². The Bertz CT molecular complexity index is 1100. The summed E-state index contributed by atoms with van der Waals surface area (Å²) < 4.78 is 27.3. The largest absolute Gasteiger partial charge is 0.340 e. The van der Waals surface area contributed by atoms with Crippen LogP contribution in [0.3, 0.4) is 0 Å². The van der Waals surface area contributed by atoms with E-state index < -0.39 is 10.0 Å². The topological polar surface area (TPSA) is 74.8 Å². The maximum atomic E-state index is 12.9. The molecule has 1 amide bonds. The van der Waals surface area contributed by atoms with E-state index in [0.29, 0.717) is 18.7 Å².